The van der Waals surface area contributed by atoms with Crippen molar-refractivity contribution < 1.29 is 19.2 Å². The van der Waals surface area contributed by atoms with Gasteiger partial charge < -0.3 is 18.9 Å². The molecule has 13 aromatic carbocycles. The Morgan fingerprint density at radius 1 is 0.270 bits per heavy atom. The number of benzene rings is 13. The van der Waals surface area contributed by atoms with Gasteiger partial charge in [-0.05, 0) is 265 Å². The summed E-state index contributed by atoms with van der Waals surface area (Å²) in [5.74, 6) is 0. The molecule has 0 fully saturated rings. The molecule has 122 heavy (non-hydrogen) atoms. The van der Waals surface area contributed by atoms with Crippen molar-refractivity contribution in [1.29, 1.82) is 0 Å². The number of nitrogens with zero attached hydrogens (tertiary/aromatic N) is 4. The summed E-state index contributed by atoms with van der Waals surface area (Å²) in [4.78, 5) is 4.58. The van der Waals surface area contributed by atoms with Crippen LogP contribution in [0.2, 0.25) is 0 Å². The first-order valence-corrected chi connectivity index (χ1v) is 43.8. The second-order valence-corrected chi connectivity index (χ2v) is 43.9. The third kappa shape index (κ3) is 15.6. The molecular weight excluding hydrogens is 1470 g/mol. The molecule has 0 unspecified atom stereocenters. The summed E-state index contributed by atoms with van der Waals surface area (Å²) in [6.45, 7) is 55.7. The van der Waals surface area contributed by atoms with Crippen LogP contribution in [0.5, 0.6) is 0 Å². The zero-order valence-corrected chi connectivity index (χ0v) is 77.0. The monoisotopic (exact) mass is 1620 g/mol. The van der Waals surface area contributed by atoms with E-state index in [1.165, 1.54) is 0 Å². The van der Waals surface area contributed by atoms with Gasteiger partial charge in [0, 0.05) is 75.0 Å². The van der Waals surface area contributed by atoms with Gasteiger partial charge >= 0.3 is 0 Å². The minimum Gasteiger partial charge on any atom is -0.311 e. The van der Waals surface area contributed by atoms with Crippen LogP contribution in [0.25, 0.3) is 99.5 Å². The fraction of sp³-hybridized carbons (Fsp3) is 0.333. The molecule has 0 atom stereocenters. The highest BCUT2D eigenvalue weighted by Gasteiger charge is 2.46. The summed E-state index contributed by atoms with van der Waals surface area (Å²) in [5.41, 5.74) is 16.5. The van der Waals surface area contributed by atoms with Gasteiger partial charge in [-0.15, -0.1) is 0 Å². The average Bonchev–Trinajstić information content (AvgIpc) is 0.785. The number of rotatable bonds is 11. The quantitative estimate of drug-likeness (QED) is 0.120. The van der Waals surface area contributed by atoms with E-state index >= 15 is 0 Å². The zero-order valence-electron chi connectivity index (χ0n) is 91.0. The Morgan fingerprint density at radius 3 is 0.918 bits per heavy atom. The number of fused-ring (bicyclic) bond motifs is 10. The second kappa shape index (κ2) is 29.4. The summed E-state index contributed by atoms with van der Waals surface area (Å²) in [6.07, 6.45) is -6.26. The average molecular weight is 1620 g/mol. The standard InChI is InChI=1S/C117H129BN4/c1-109(2,3)70-73-56-106-108-107(57-73)122(103-69-91(75-37-33-41-81(59-75)113(13,14)15)79(72-111(7,8)9)63-93(103)77-39-35-43-83(61-77)115(19,20)21)105-67-87(120-99-47-31-29-45-89(99)95-65-85(117(25,26)27)49-55-101(95)120)51-53-97(105)118(108)96-52-50-86(119-98-46-30-28-44-88(98)94-64-84(116(22,23)24)48-54-100(94)119)66-104(96)121(106)102-68-90(74-36-32-40-80(58-74)112(10,11)12)78(71-110(4,5)6)62-92(102)76-38-34-42-82(60-76)114(16,17)18/h28-69H,70-72H2,1-27H3/i28D,29D,30D,31D,44D,45D,46D,47D,70D2,71D2,72D2. The summed E-state index contributed by atoms with van der Waals surface area (Å²) >= 11 is 0. The lowest BCUT2D eigenvalue weighted by Gasteiger charge is -2.46. The minimum atomic E-state index is -2.20. The molecule has 2 aliphatic heterocycles. The molecule has 2 aliphatic rings. The number of anilines is 6. The molecular formula is C117H129BN4. The molecule has 0 saturated heterocycles. The molecule has 0 bridgehead atoms. The van der Waals surface area contributed by atoms with Gasteiger partial charge in [0.1, 0.15) is 0 Å². The van der Waals surface area contributed by atoms with Crippen molar-refractivity contribution in [2.24, 2.45) is 16.2 Å². The van der Waals surface area contributed by atoms with E-state index in [1.807, 2.05) is 95.7 Å². The smallest absolute Gasteiger partial charge is 0.252 e. The topological polar surface area (TPSA) is 16.3 Å². The molecule has 0 N–H and O–H groups in total. The van der Waals surface area contributed by atoms with Gasteiger partial charge in [-0.3, -0.25) is 0 Å². The Kier molecular flexibility index (Phi) is 16.3. The van der Waals surface area contributed by atoms with Gasteiger partial charge in [0.15, 0.2) is 0 Å². The van der Waals surface area contributed by atoms with Crippen LogP contribution in [0.15, 0.2) is 255 Å². The summed E-state index contributed by atoms with van der Waals surface area (Å²) in [7, 11) is 0. The molecule has 0 aliphatic carbocycles. The Morgan fingerprint density at radius 2 is 0.590 bits per heavy atom. The van der Waals surface area contributed by atoms with E-state index in [9.17, 15) is 19.2 Å². The highest BCUT2D eigenvalue weighted by Crippen LogP contribution is 2.55. The predicted octanol–water partition coefficient (Wildman–Crippen LogP) is 31.2. The minimum absolute atomic E-state index is 0.176. The summed E-state index contributed by atoms with van der Waals surface area (Å²) < 4.78 is 148. The maximum atomic E-state index is 11.2. The molecule has 4 heterocycles. The van der Waals surface area contributed by atoms with Crippen LogP contribution in [0.4, 0.5) is 34.1 Å². The number of aromatic nitrogens is 2. The van der Waals surface area contributed by atoms with Crippen molar-refractivity contribution in [2.75, 3.05) is 9.80 Å². The van der Waals surface area contributed by atoms with E-state index in [4.69, 9.17) is 0 Å². The van der Waals surface area contributed by atoms with Crippen LogP contribution in [-0.2, 0) is 51.6 Å². The molecule has 17 rings (SSSR count). The maximum absolute atomic E-state index is 11.2. The van der Waals surface area contributed by atoms with E-state index in [0.29, 0.717) is 117 Å². The van der Waals surface area contributed by atoms with Crippen molar-refractivity contribution in [3.05, 3.63) is 305 Å². The Balaban J connectivity index is 1.14. The van der Waals surface area contributed by atoms with Crippen LogP contribution in [0.1, 0.15) is 256 Å². The van der Waals surface area contributed by atoms with E-state index in [1.54, 1.807) is 0 Å². The van der Waals surface area contributed by atoms with Crippen molar-refractivity contribution in [3.63, 3.8) is 0 Å². The third-order valence-corrected chi connectivity index (χ3v) is 24.5. The molecule has 15 aromatic rings. The van der Waals surface area contributed by atoms with Crippen LogP contribution in [0.3, 0.4) is 0 Å². The lowest BCUT2D eigenvalue weighted by Crippen LogP contribution is -2.61. The first kappa shape index (κ1) is 67.7. The van der Waals surface area contributed by atoms with Crippen LogP contribution in [0, 0.1) is 16.2 Å². The number of hydrogen-bond donors (Lipinski definition) is 0. The Hall–Kier alpha value is -10.9. The fourth-order valence-electron chi connectivity index (χ4n) is 18.3. The zero-order chi connectivity index (χ0) is 99.3. The summed E-state index contributed by atoms with van der Waals surface area (Å²) in [5, 5.41) is 2.01. The van der Waals surface area contributed by atoms with E-state index in [2.05, 4.69) is 316 Å². The van der Waals surface area contributed by atoms with Gasteiger partial charge in [0.05, 0.1) is 44.4 Å². The van der Waals surface area contributed by atoms with Crippen molar-refractivity contribution in [2.45, 2.75) is 239 Å². The van der Waals surface area contributed by atoms with Gasteiger partial charge in [0.2, 0.25) is 0 Å². The van der Waals surface area contributed by atoms with E-state index < -0.39 is 65.0 Å². The fourth-order valence-corrected chi connectivity index (χ4v) is 18.3. The normalized spacial score (nSPS) is 15.7. The second-order valence-electron chi connectivity index (χ2n) is 43.9. The molecule has 0 amide bonds. The Labute approximate surface area is 750 Å². The lowest BCUT2D eigenvalue weighted by molar-refractivity contribution is 0.411. The first-order chi connectivity index (χ1) is 62.8. The van der Waals surface area contributed by atoms with Crippen LogP contribution >= 0.6 is 0 Å². The highest BCUT2D eigenvalue weighted by atomic mass is 15.2. The molecule has 4 nitrogen and oxygen atoms in total. The number of hydrogen-bond acceptors (Lipinski definition) is 2. The Bertz CT molecular complexity index is 7080. The van der Waals surface area contributed by atoms with E-state index in [-0.39, 0.29) is 68.9 Å². The molecule has 0 radical (unpaired) electrons. The molecule has 620 valence electrons. The van der Waals surface area contributed by atoms with Gasteiger partial charge in [-0.25, -0.2) is 0 Å². The SMILES string of the molecule is [2H]c1c([2H])c([2H])c2c(c1[2H])c1cc(C(C)(C)C)ccc1n2-c1ccc2c(c1)N(c1cc(-c3cccc(C(C)(C)C)c3)c(C([2H])([2H])C(C)(C)C)cc1-c1cccc(C(C)(C)C)c1)c1cc(C([2H])([2H])C(C)(C)C)cc3c1B2c1ccc(-n2c4ccc(C(C)(C)C)cc4c4c([2H])c([2H])c([2H])c([2H])c42)cc1N3c1cc(-c2cccc(C(C)(C)C)c2)c(C([2H])([2H])C(C)(C)C)cc1-c1cccc(C(C)(C)C)c1. The number of para-hydroxylation sites is 2. The van der Waals surface area contributed by atoms with Crippen LogP contribution < -0.4 is 26.2 Å². The van der Waals surface area contributed by atoms with Gasteiger partial charge in [0.25, 0.3) is 6.71 Å². The molecule has 5 heteroatoms. The van der Waals surface area contributed by atoms with Crippen molar-refractivity contribution in [1.82, 2.24) is 9.13 Å². The third-order valence-electron chi connectivity index (χ3n) is 24.5. The highest BCUT2D eigenvalue weighted by molar-refractivity contribution is 7.00. The molecule has 0 spiro atoms. The van der Waals surface area contributed by atoms with E-state index in [0.717, 1.165) is 72.0 Å². The van der Waals surface area contributed by atoms with Crippen molar-refractivity contribution >= 4 is 101 Å². The largest absolute Gasteiger partial charge is 0.311 e. The van der Waals surface area contributed by atoms with Crippen molar-refractivity contribution in [3.8, 4) is 55.9 Å². The van der Waals surface area contributed by atoms with Gasteiger partial charge in [-0.1, -0.05) is 345 Å². The summed E-state index contributed by atoms with van der Waals surface area (Å²) in [6, 6.07) is 69.3. The van der Waals surface area contributed by atoms with Crippen LogP contribution in [-0.4, -0.2) is 15.8 Å². The molecule has 2 aromatic heterocycles. The lowest BCUT2D eigenvalue weighted by atomic mass is 9.33. The predicted molar refractivity (Wildman–Crippen MR) is 533 cm³/mol. The first-order valence-electron chi connectivity index (χ1n) is 50.8. The molecule has 0 saturated carbocycles. The van der Waals surface area contributed by atoms with Gasteiger partial charge in [-0.2, -0.15) is 0 Å². The maximum Gasteiger partial charge on any atom is 0.252 e.